The van der Waals surface area contributed by atoms with E-state index in [1.165, 1.54) is 5.56 Å². The maximum atomic E-state index is 5.76. The molecule has 0 bridgehead atoms. The van der Waals surface area contributed by atoms with E-state index in [-0.39, 0.29) is 0 Å². The van der Waals surface area contributed by atoms with E-state index < -0.39 is 0 Å². The Kier molecular flexibility index (Phi) is 6.52. The molecule has 1 aromatic carbocycles. The highest BCUT2D eigenvalue weighted by Gasteiger charge is 2.15. The molecule has 0 fully saturated rings. The third-order valence-electron chi connectivity index (χ3n) is 3.32. The van der Waals surface area contributed by atoms with E-state index in [1.807, 2.05) is 11.8 Å². The third-order valence-corrected chi connectivity index (χ3v) is 4.64. The lowest BCUT2D eigenvalue weighted by atomic mass is 10.1. The Morgan fingerprint density at radius 2 is 2.15 bits per heavy atom. The second-order valence-electron chi connectivity index (χ2n) is 4.90. The minimum atomic E-state index is 0.555. The molecule has 1 heterocycles. The summed E-state index contributed by atoms with van der Waals surface area (Å²) in [5.41, 5.74) is 1.22. The van der Waals surface area contributed by atoms with Gasteiger partial charge in [-0.15, -0.1) is 0 Å². The van der Waals surface area contributed by atoms with Crippen LogP contribution in [0.4, 0.5) is 0 Å². The van der Waals surface area contributed by atoms with Gasteiger partial charge in [0, 0.05) is 24.8 Å². The minimum Gasteiger partial charge on any atom is -0.490 e. The van der Waals surface area contributed by atoms with Crippen molar-refractivity contribution in [3.63, 3.8) is 0 Å². The Balaban J connectivity index is 2.05. The molecule has 1 aromatic rings. The zero-order valence-electron chi connectivity index (χ0n) is 12.1. The highest BCUT2D eigenvalue weighted by Crippen LogP contribution is 2.38. The molecular weight excluding hydrogens is 338 g/mol. The van der Waals surface area contributed by atoms with Gasteiger partial charge in [0.25, 0.3) is 0 Å². The topological polar surface area (TPSA) is 30.5 Å². The molecular formula is C15H22BrNO2S. The number of nitrogens with one attached hydrogen (secondary N) is 1. The van der Waals surface area contributed by atoms with E-state index in [9.17, 15) is 0 Å². The standard InChI is InChI=1S/C15H22BrNO2S/c1-3-12(10-20-2)17-9-11-7-13(16)15-14(8-11)18-5-4-6-19-15/h7-8,12,17H,3-6,9-10H2,1-2H3. The zero-order chi connectivity index (χ0) is 14.4. The maximum absolute atomic E-state index is 5.76. The Labute approximate surface area is 133 Å². The highest BCUT2D eigenvalue weighted by molar-refractivity contribution is 9.10. The molecule has 0 saturated carbocycles. The van der Waals surface area contributed by atoms with Gasteiger partial charge in [-0.2, -0.15) is 11.8 Å². The number of halogens is 1. The lowest BCUT2D eigenvalue weighted by Gasteiger charge is -2.17. The van der Waals surface area contributed by atoms with Crippen LogP contribution in [0.1, 0.15) is 25.3 Å². The van der Waals surface area contributed by atoms with Crippen LogP contribution >= 0.6 is 27.7 Å². The van der Waals surface area contributed by atoms with Crippen molar-refractivity contribution in [1.29, 1.82) is 0 Å². The molecule has 2 rings (SSSR count). The van der Waals surface area contributed by atoms with E-state index in [0.29, 0.717) is 6.04 Å². The molecule has 1 aliphatic rings. The average molecular weight is 360 g/mol. The Hall–Kier alpha value is -0.390. The number of hydrogen-bond acceptors (Lipinski definition) is 4. The van der Waals surface area contributed by atoms with Crippen LogP contribution in [0.5, 0.6) is 11.5 Å². The molecule has 1 atom stereocenters. The molecule has 0 aromatic heterocycles. The molecule has 0 spiro atoms. The maximum Gasteiger partial charge on any atom is 0.175 e. The lowest BCUT2D eigenvalue weighted by Crippen LogP contribution is -2.30. The summed E-state index contributed by atoms with van der Waals surface area (Å²) in [6.45, 7) is 4.52. The molecule has 0 radical (unpaired) electrons. The largest absolute Gasteiger partial charge is 0.490 e. The first-order valence-corrected chi connectivity index (χ1v) is 9.23. The van der Waals surface area contributed by atoms with Crippen LogP contribution in [0.3, 0.4) is 0 Å². The molecule has 1 N–H and O–H groups in total. The van der Waals surface area contributed by atoms with Crippen molar-refractivity contribution >= 4 is 27.7 Å². The molecule has 1 aliphatic heterocycles. The first-order valence-electron chi connectivity index (χ1n) is 7.05. The predicted molar refractivity (Wildman–Crippen MR) is 89.0 cm³/mol. The number of ether oxygens (including phenoxy) is 2. The molecule has 1 unspecified atom stereocenters. The fourth-order valence-electron chi connectivity index (χ4n) is 2.17. The van der Waals surface area contributed by atoms with E-state index in [0.717, 1.165) is 54.3 Å². The van der Waals surface area contributed by atoms with Crippen LogP contribution in [-0.4, -0.2) is 31.3 Å². The molecule has 20 heavy (non-hydrogen) atoms. The number of rotatable bonds is 6. The van der Waals surface area contributed by atoms with Crippen molar-refractivity contribution in [2.24, 2.45) is 0 Å². The minimum absolute atomic E-state index is 0.555. The monoisotopic (exact) mass is 359 g/mol. The molecule has 0 saturated heterocycles. The quantitative estimate of drug-likeness (QED) is 0.835. The van der Waals surface area contributed by atoms with Crippen LogP contribution in [-0.2, 0) is 6.54 Å². The van der Waals surface area contributed by atoms with E-state index in [2.05, 4.69) is 46.6 Å². The van der Waals surface area contributed by atoms with E-state index >= 15 is 0 Å². The van der Waals surface area contributed by atoms with E-state index in [1.54, 1.807) is 0 Å². The average Bonchev–Trinajstić information content (AvgIpc) is 2.69. The molecule has 3 nitrogen and oxygen atoms in total. The lowest BCUT2D eigenvalue weighted by molar-refractivity contribution is 0.296. The molecule has 112 valence electrons. The Morgan fingerprint density at radius 1 is 1.35 bits per heavy atom. The summed E-state index contributed by atoms with van der Waals surface area (Å²) in [6.07, 6.45) is 4.22. The first-order chi connectivity index (χ1) is 9.74. The van der Waals surface area contributed by atoms with Gasteiger partial charge in [-0.05, 0) is 46.3 Å². The second kappa shape index (κ2) is 8.15. The van der Waals surface area contributed by atoms with Gasteiger partial charge in [0.15, 0.2) is 11.5 Å². The summed E-state index contributed by atoms with van der Waals surface area (Å²) in [4.78, 5) is 0. The van der Waals surface area contributed by atoms with Gasteiger partial charge >= 0.3 is 0 Å². The van der Waals surface area contributed by atoms with E-state index in [4.69, 9.17) is 9.47 Å². The normalized spacial score (nSPS) is 15.8. The van der Waals surface area contributed by atoms with Crippen LogP contribution < -0.4 is 14.8 Å². The highest BCUT2D eigenvalue weighted by atomic mass is 79.9. The van der Waals surface area contributed by atoms with Crippen LogP contribution in [0.2, 0.25) is 0 Å². The first kappa shape index (κ1) is 16.0. The number of thioether (sulfide) groups is 1. The molecule has 0 aliphatic carbocycles. The number of hydrogen-bond donors (Lipinski definition) is 1. The van der Waals surface area contributed by atoms with Gasteiger partial charge in [-0.1, -0.05) is 6.92 Å². The van der Waals surface area contributed by atoms with Crippen LogP contribution in [0.25, 0.3) is 0 Å². The number of fused-ring (bicyclic) bond motifs is 1. The van der Waals surface area contributed by atoms with Gasteiger partial charge in [0.2, 0.25) is 0 Å². The fraction of sp³-hybridized carbons (Fsp3) is 0.600. The zero-order valence-corrected chi connectivity index (χ0v) is 14.5. The summed E-state index contributed by atoms with van der Waals surface area (Å²) in [5, 5.41) is 3.60. The van der Waals surface area contributed by atoms with Gasteiger partial charge in [-0.25, -0.2) is 0 Å². The van der Waals surface area contributed by atoms with Crippen molar-refractivity contribution in [2.45, 2.75) is 32.4 Å². The summed E-state index contributed by atoms with van der Waals surface area (Å²) < 4.78 is 12.5. The van der Waals surface area contributed by atoms with Gasteiger partial charge in [0.05, 0.1) is 17.7 Å². The number of benzene rings is 1. The van der Waals surface area contributed by atoms with Crippen molar-refractivity contribution < 1.29 is 9.47 Å². The second-order valence-corrected chi connectivity index (χ2v) is 6.66. The summed E-state index contributed by atoms with van der Waals surface area (Å²) in [6, 6.07) is 4.76. The van der Waals surface area contributed by atoms with Crippen LogP contribution in [0, 0.1) is 0 Å². The van der Waals surface area contributed by atoms with Gasteiger partial charge in [-0.3, -0.25) is 0 Å². The fourth-order valence-corrected chi connectivity index (χ4v) is 3.53. The predicted octanol–water partition coefficient (Wildman–Crippen LogP) is 3.84. The van der Waals surface area contributed by atoms with Crippen molar-refractivity contribution in [2.75, 3.05) is 25.2 Å². The van der Waals surface area contributed by atoms with Crippen LogP contribution in [0.15, 0.2) is 16.6 Å². The SMILES string of the molecule is CCC(CSC)NCc1cc(Br)c2c(c1)OCCCO2. The summed E-state index contributed by atoms with van der Waals surface area (Å²) in [7, 11) is 0. The molecule has 0 amide bonds. The Bertz CT molecular complexity index is 442. The van der Waals surface area contributed by atoms with Gasteiger partial charge < -0.3 is 14.8 Å². The van der Waals surface area contributed by atoms with Crippen molar-refractivity contribution in [1.82, 2.24) is 5.32 Å². The smallest absolute Gasteiger partial charge is 0.175 e. The summed E-state index contributed by atoms with van der Waals surface area (Å²) >= 11 is 5.47. The van der Waals surface area contributed by atoms with Crippen molar-refractivity contribution in [3.8, 4) is 11.5 Å². The third kappa shape index (κ3) is 4.30. The Morgan fingerprint density at radius 3 is 2.90 bits per heavy atom. The molecule has 5 heteroatoms. The van der Waals surface area contributed by atoms with Crippen molar-refractivity contribution in [3.05, 3.63) is 22.2 Å². The van der Waals surface area contributed by atoms with Gasteiger partial charge in [0.1, 0.15) is 0 Å². The summed E-state index contributed by atoms with van der Waals surface area (Å²) in [5.74, 6) is 2.83.